The van der Waals surface area contributed by atoms with E-state index in [0.717, 1.165) is 6.07 Å². The Morgan fingerprint density at radius 1 is 1.36 bits per heavy atom. The molecule has 0 aliphatic carbocycles. The maximum absolute atomic E-state index is 14.1. The predicted molar refractivity (Wildman–Crippen MR) is 85.1 cm³/mol. The van der Waals surface area contributed by atoms with Gasteiger partial charge in [-0.2, -0.15) is 5.10 Å². The standard InChI is InChI=1S/C16H14FN5O3/c1-21(8-12-3-2-6-25-12)16(24)15(23)20-11-4-5-14(13(17)7-11)22-10-18-9-19-22/h2-7,9-10H,8H2,1H3,(H,20,23). The van der Waals surface area contributed by atoms with Crippen LogP contribution in [0.5, 0.6) is 0 Å². The van der Waals surface area contributed by atoms with Crippen LogP contribution in [-0.4, -0.2) is 38.5 Å². The molecule has 8 nitrogen and oxygen atoms in total. The average Bonchev–Trinajstić information content (AvgIpc) is 3.27. The molecule has 0 aliphatic rings. The average molecular weight is 343 g/mol. The highest BCUT2D eigenvalue weighted by Gasteiger charge is 2.20. The summed E-state index contributed by atoms with van der Waals surface area (Å²) < 4.78 is 20.5. The Morgan fingerprint density at radius 3 is 2.84 bits per heavy atom. The van der Waals surface area contributed by atoms with Gasteiger partial charge < -0.3 is 14.6 Å². The second-order valence-corrected chi connectivity index (χ2v) is 5.20. The number of hydrogen-bond acceptors (Lipinski definition) is 5. The van der Waals surface area contributed by atoms with Crippen molar-refractivity contribution in [3.05, 3.63) is 60.8 Å². The molecule has 3 aromatic rings. The Balaban J connectivity index is 1.66. The van der Waals surface area contributed by atoms with Gasteiger partial charge in [-0.05, 0) is 30.3 Å². The molecule has 2 aromatic heterocycles. The van der Waals surface area contributed by atoms with E-state index in [1.54, 1.807) is 12.1 Å². The lowest BCUT2D eigenvalue weighted by Gasteiger charge is -2.15. The predicted octanol–water partition coefficient (Wildman–Crippen LogP) is 1.60. The van der Waals surface area contributed by atoms with Crippen LogP contribution in [-0.2, 0) is 16.1 Å². The molecule has 0 aliphatic heterocycles. The molecule has 128 valence electrons. The number of nitrogens with one attached hydrogen (secondary N) is 1. The summed E-state index contributed by atoms with van der Waals surface area (Å²) in [6.07, 6.45) is 4.11. The Bertz CT molecular complexity index is 877. The lowest BCUT2D eigenvalue weighted by molar-refractivity contribution is -0.142. The molecule has 0 radical (unpaired) electrons. The zero-order chi connectivity index (χ0) is 17.8. The van der Waals surface area contributed by atoms with E-state index in [1.165, 1.54) is 47.7 Å². The zero-order valence-corrected chi connectivity index (χ0v) is 13.2. The van der Waals surface area contributed by atoms with E-state index in [0.29, 0.717) is 5.76 Å². The second-order valence-electron chi connectivity index (χ2n) is 5.20. The first-order valence-electron chi connectivity index (χ1n) is 7.28. The zero-order valence-electron chi connectivity index (χ0n) is 13.2. The third-order valence-corrected chi connectivity index (χ3v) is 3.39. The Labute approximate surface area is 141 Å². The van der Waals surface area contributed by atoms with Crippen molar-refractivity contribution in [2.24, 2.45) is 0 Å². The van der Waals surface area contributed by atoms with Crippen molar-refractivity contribution in [2.45, 2.75) is 6.54 Å². The van der Waals surface area contributed by atoms with Crippen molar-refractivity contribution < 1.29 is 18.4 Å². The van der Waals surface area contributed by atoms with Crippen molar-refractivity contribution in [2.75, 3.05) is 12.4 Å². The summed E-state index contributed by atoms with van der Waals surface area (Å²) in [5.41, 5.74) is 0.336. The summed E-state index contributed by atoms with van der Waals surface area (Å²) in [5.74, 6) is -1.70. The van der Waals surface area contributed by atoms with Gasteiger partial charge in [0.05, 0.1) is 12.8 Å². The molecule has 0 saturated heterocycles. The summed E-state index contributed by atoms with van der Waals surface area (Å²) in [4.78, 5) is 29.0. The third kappa shape index (κ3) is 3.71. The van der Waals surface area contributed by atoms with Crippen LogP contribution in [0, 0.1) is 5.82 Å². The topological polar surface area (TPSA) is 93.3 Å². The first kappa shape index (κ1) is 16.4. The van der Waals surface area contributed by atoms with Crippen molar-refractivity contribution in [3.8, 4) is 5.69 Å². The third-order valence-electron chi connectivity index (χ3n) is 3.39. The number of likely N-dealkylation sites (N-methyl/N-ethyl adjacent to an activating group) is 1. The van der Waals surface area contributed by atoms with Crippen LogP contribution < -0.4 is 5.32 Å². The number of aromatic nitrogens is 3. The molecule has 3 rings (SSSR count). The van der Waals surface area contributed by atoms with Gasteiger partial charge in [-0.15, -0.1) is 0 Å². The SMILES string of the molecule is CN(Cc1ccco1)C(=O)C(=O)Nc1ccc(-n2cncn2)c(F)c1. The van der Waals surface area contributed by atoms with Crippen molar-refractivity contribution >= 4 is 17.5 Å². The van der Waals surface area contributed by atoms with Crippen LogP contribution in [0.2, 0.25) is 0 Å². The number of furan rings is 1. The Morgan fingerprint density at radius 2 is 2.20 bits per heavy atom. The van der Waals surface area contributed by atoms with Gasteiger partial charge in [0.15, 0.2) is 5.82 Å². The van der Waals surface area contributed by atoms with E-state index >= 15 is 0 Å². The minimum Gasteiger partial charge on any atom is -0.467 e. The molecule has 0 fully saturated rings. The van der Waals surface area contributed by atoms with Crippen molar-refractivity contribution in [3.63, 3.8) is 0 Å². The Kier molecular flexibility index (Phi) is 4.55. The largest absolute Gasteiger partial charge is 0.467 e. The second kappa shape index (κ2) is 6.95. The highest BCUT2D eigenvalue weighted by atomic mass is 19.1. The number of amides is 2. The number of halogens is 1. The number of hydrogen-bond donors (Lipinski definition) is 1. The molecular formula is C16H14FN5O3. The highest BCUT2D eigenvalue weighted by molar-refractivity contribution is 6.39. The summed E-state index contributed by atoms with van der Waals surface area (Å²) in [5, 5.41) is 6.20. The van der Waals surface area contributed by atoms with Gasteiger partial charge in [0.25, 0.3) is 0 Å². The molecule has 2 heterocycles. The molecule has 0 bridgehead atoms. The van der Waals surface area contributed by atoms with Crippen LogP contribution in [0.3, 0.4) is 0 Å². The number of benzene rings is 1. The smallest absolute Gasteiger partial charge is 0.313 e. The van der Waals surface area contributed by atoms with E-state index < -0.39 is 17.6 Å². The van der Waals surface area contributed by atoms with Crippen LogP contribution in [0.4, 0.5) is 10.1 Å². The van der Waals surface area contributed by atoms with E-state index in [9.17, 15) is 14.0 Å². The monoisotopic (exact) mass is 343 g/mol. The van der Waals surface area contributed by atoms with Crippen molar-refractivity contribution in [1.29, 1.82) is 0 Å². The summed E-state index contributed by atoms with van der Waals surface area (Å²) in [7, 11) is 1.47. The van der Waals surface area contributed by atoms with E-state index in [4.69, 9.17) is 4.42 Å². The van der Waals surface area contributed by atoms with Gasteiger partial charge in [-0.1, -0.05) is 0 Å². The highest BCUT2D eigenvalue weighted by Crippen LogP contribution is 2.17. The maximum atomic E-state index is 14.1. The lowest BCUT2D eigenvalue weighted by atomic mass is 10.2. The minimum absolute atomic E-state index is 0.152. The number of nitrogens with zero attached hydrogens (tertiary/aromatic N) is 4. The van der Waals surface area contributed by atoms with Gasteiger partial charge >= 0.3 is 11.8 Å². The van der Waals surface area contributed by atoms with Crippen LogP contribution in [0.15, 0.2) is 53.7 Å². The molecule has 9 heteroatoms. The van der Waals surface area contributed by atoms with E-state index in [2.05, 4.69) is 15.4 Å². The molecular weight excluding hydrogens is 329 g/mol. The summed E-state index contributed by atoms with van der Waals surface area (Å²) >= 11 is 0. The molecule has 25 heavy (non-hydrogen) atoms. The molecule has 1 aromatic carbocycles. The maximum Gasteiger partial charge on any atom is 0.313 e. The van der Waals surface area contributed by atoms with Gasteiger partial charge in [-0.25, -0.2) is 14.1 Å². The van der Waals surface area contributed by atoms with Crippen molar-refractivity contribution in [1.82, 2.24) is 19.7 Å². The van der Waals surface area contributed by atoms with Gasteiger partial charge in [0.1, 0.15) is 24.1 Å². The fourth-order valence-electron chi connectivity index (χ4n) is 2.17. The lowest BCUT2D eigenvalue weighted by Crippen LogP contribution is -2.36. The number of rotatable bonds is 4. The quantitative estimate of drug-likeness (QED) is 0.726. The summed E-state index contributed by atoms with van der Waals surface area (Å²) in [6.45, 7) is 0.152. The van der Waals surface area contributed by atoms with Gasteiger partial charge in [-0.3, -0.25) is 9.59 Å². The van der Waals surface area contributed by atoms with Crippen LogP contribution >= 0.6 is 0 Å². The molecule has 0 saturated carbocycles. The van der Waals surface area contributed by atoms with Gasteiger partial charge in [0.2, 0.25) is 0 Å². The van der Waals surface area contributed by atoms with E-state index in [1.807, 2.05) is 0 Å². The molecule has 0 atom stereocenters. The Hall–Kier alpha value is -3.49. The molecule has 0 unspecified atom stereocenters. The van der Waals surface area contributed by atoms with Crippen LogP contribution in [0.1, 0.15) is 5.76 Å². The molecule has 1 N–H and O–H groups in total. The normalized spacial score (nSPS) is 10.5. The summed E-state index contributed by atoms with van der Waals surface area (Å²) in [6, 6.07) is 7.39. The number of anilines is 1. The van der Waals surface area contributed by atoms with Crippen LogP contribution in [0.25, 0.3) is 5.69 Å². The minimum atomic E-state index is -0.873. The molecule has 0 spiro atoms. The number of carbonyl (C=O) groups is 2. The first-order chi connectivity index (χ1) is 12.0. The first-order valence-corrected chi connectivity index (χ1v) is 7.28. The van der Waals surface area contributed by atoms with E-state index in [-0.39, 0.29) is 17.9 Å². The fraction of sp³-hybridized carbons (Fsp3) is 0.125. The molecule has 2 amide bonds. The fourth-order valence-corrected chi connectivity index (χ4v) is 2.17. The van der Waals surface area contributed by atoms with Gasteiger partial charge in [0, 0.05) is 12.7 Å². The number of carbonyl (C=O) groups excluding carboxylic acids is 2.